The maximum absolute atomic E-state index is 12.4. The molecular weight excluding hydrogens is 398 g/mol. The summed E-state index contributed by atoms with van der Waals surface area (Å²) in [6.07, 6.45) is -0.170. The van der Waals surface area contributed by atoms with Gasteiger partial charge >= 0.3 is 35.9 Å². The van der Waals surface area contributed by atoms with E-state index >= 15 is 0 Å². The Bertz CT molecular complexity index is 1020. The predicted molar refractivity (Wildman–Crippen MR) is 90.2 cm³/mol. The van der Waals surface area contributed by atoms with Crippen molar-refractivity contribution in [3.63, 3.8) is 0 Å². The van der Waals surface area contributed by atoms with Gasteiger partial charge in [-0.15, -0.1) is 13.2 Å². The number of aromatic nitrogens is 3. The van der Waals surface area contributed by atoms with E-state index in [1.54, 1.807) is 22.9 Å². The minimum absolute atomic E-state index is 0. The molecule has 2 aromatic heterocycles. The Balaban J connectivity index is 0.00000240. The molecule has 0 saturated heterocycles. The minimum Gasteiger partial charge on any atom is -0.543 e. The van der Waals surface area contributed by atoms with E-state index in [-0.39, 0.29) is 52.7 Å². The summed E-state index contributed by atoms with van der Waals surface area (Å²) in [5.74, 6) is -1.39. The van der Waals surface area contributed by atoms with Crippen LogP contribution in [0, 0.1) is 0 Å². The van der Waals surface area contributed by atoms with Gasteiger partial charge in [-0.05, 0) is 49.2 Å². The summed E-state index contributed by atoms with van der Waals surface area (Å²) in [5.41, 5.74) is 1.13. The van der Waals surface area contributed by atoms with E-state index < -0.39 is 12.3 Å². The van der Waals surface area contributed by atoms with Gasteiger partial charge in [-0.2, -0.15) is 0 Å². The van der Waals surface area contributed by atoms with Crippen LogP contribution in [-0.4, -0.2) is 26.9 Å². The standard InChI is InChI=1S/C19H14F3N3O3.Na/c20-19(21,22)28-14-7-3-11(4-8-14)17-24-15(12-2-1-9-23-10-12)16(18(26)27)25(17)13-5-6-13;/h1-4,7-10,13H,5-6H2,(H,26,27);/q;+1/p-1. The molecule has 1 aliphatic rings. The first-order valence-electron chi connectivity index (χ1n) is 8.43. The Morgan fingerprint density at radius 1 is 1.14 bits per heavy atom. The van der Waals surface area contributed by atoms with Crippen LogP contribution < -0.4 is 39.4 Å². The quantitative estimate of drug-likeness (QED) is 0.561. The smallest absolute Gasteiger partial charge is 0.543 e. The van der Waals surface area contributed by atoms with Gasteiger partial charge < -0.3 is 19.2 Å². The molecule has 1 aliphatic carbocycles. The number of pyridine rings is 1. The third-order valence-corrected chi connectivity index (χ3v) is 4.30. The van der Waals surface area contributed by atoms with Crippen LogP contribution in [0.2, 0.25) is 0 Å². The summed E-state index contributed by atoms with van der Waals surface area (Å²) >= 11 is 0. The monoisotopic (exact) mass is 411 g/mol. The van der Waals surface area contributed by atoms with Gasteiger partial charge in [0.25, 0.3) is 0 Å². The number of carbonyl (C=O) groups is 1. The molecule has 3 aromatic rings. The van der Waals surface area contributed by atoms with E-state index in [0.717, 1.165) is 25.0 Å². The van der Waals surface area contributed by atoms with Gasteiger partial charge in [-0.3, -0.25) is 4.98 Å². The van der Waals surface area contributed by atoms with Crippen LogP contribution in [0.3, 0.4) is 0 Å². The molecule has 0 unspecified atom stereocenters. The number of hydrogen-bond acceptors (Lipinski definition) is 5. The summed E-state index contributed by atoms with van der Waals surface area (Å²) in [7, 11) is 0. The number of carboxylic acids is 1. The first-order chi connectivity index (χ1) is 13.3. The number of halogens is 3. The SMILES string of the molecule is O=C([O-])c1c(-c2cccnc2)nc(-c2ccc(OC(F)(F)F)cc2)n1C1CC1.[Na+]. The van der Waals surface area contributed by atoms with E-state index in [1.807, 2.05) is 0 Å². The summed E-state index contributed by atoms with van der Waals surface area (Å²) in [5, 5.41) is 11.9. The number of hydrogen-bond donors (Lipinski definition) is 0. The molecule has 29 heavy (non-hydrogen) atoms. The van der Waals surface area contributed by atoms with Crippen LogP contribution in [0.25, 0.3) is 22.6 Å². The molecule has 6 nitrogen and oxygen atoms in total. The number of nitrogens with zero attached hydrogens (tertiary/aromatic N) is 3. The zero-order valence-electron chi connectivity index (χ0n) is 15.3. The largest absolute Gasteiger partial charge is 1.00 e. The third-order valence-electron chi connectivity index (χ3n) is 4.30. The number of benzene rings is 1. The Hall–Kier alpha value is -2.36. The Morgan fingerprint density at radius 2 is 1.83 bits per heavy atom. The summed E-state index contributed by atoms with van der Waals surface area (Å²) < 4.78 is 42.5. The number of imidazole rings is 1. The van der Waals surface area contributed by atoms with E-state index in [2.05, 4.69) is 14.7 Å². The topological polar surface area (TPSA) is 80.1 Å². The van der Waals surface area contributed by atoms with Crippen LogP contribution in [-0.2, 0) is 0 Å². The van der Waals surface area contributed by atoms with Gasteiger partial charge in [0.15, 0.2) is 0 Å². The summed E-state index contributed by atoms with van der Waals surface area (Å²) in [6.45, 7) is 0. The van der Waals surface area contributed by atoms with Crippen molar-refractivity contribution in [1.29, 1.82) is 0 Å². The fourth-order valence-electron chi connectivity index (χ4n) is 3.03. The van der Waals surface area contributed by atoms with Crippen molar-refractivity contribution in [2.45, 2.75) is 25.2 Å². The molecule has 1 saturated carbocycles. The zero-order chi connectivity index (χ0) is 19.9. The molecule has 4 rings (SSSR count). The predicted octanol–water partition coefficient (Wildman–Crippen LogP) is 0.213. The van der Waals surface area contributed by atoms with Gasteiger partial charge in [-0.25, -0.2) is 4.98 Å². The number of alkyl halides is 3. The van der Waals surface area contributed by atoms with Gasteiger partial charge in [-0.1, -0.05) is 0 Å². The minimum atomic E-state index is -4.79. The second kappa shape index (κ2) is 8.17. The average Bonchev–Trinajstić information content (AvgIpc) is 3.41. The van der Waals surface area contributed by atoms with Gasteiger partial charge in [0, 0.05) is 29.6 Å². The molecule has 0 bridgehead atoms. The van der Waals surface area contributed by atoms with E-state index in [1.165, 1.54) is 18.3 Å². The molecule has 1 fully saturated rings. The fourth-order valence-corrected chi connectivity index (χ4v) is 3.03. The first kappa shape index (κ1) is 21.4. The maximum atomic E-state index is 12.4. The molecule has 0 aliphatic heterocycles. The molecule has 2 heterocycles. The summed E-state index contributed by atoms with van der Waals surface area (Å²) in [6, 6.07) is 8.44. The number of carbonyl (C=O) groups excluding carboxylic acids is 1. The van der Waals surface area contributed by atoms with E-state index in [9.17, 15) is 23.1 Å². The zero-order valence-corrected chi connectivity index (χ0v) is 17.3. The first-order valence-corrected chi connectivity index (χ1v) is 8.43. The molecule has 10 heteroatoms. The van der Waals surface area contributed by atoms with Crippen molar-refractivity contribution in [1.82, 2.24) is 14.5 Å². The normalized spacial score (nSPS) is 13.6. The average molecular weight is 411 g/mol. The van der Waals surface area contributed by atoms with Crippen molar-refractivity contribution in [3.05, 3.63) is 54.5 Å². The van der Waals surface area contributed by atoms with Crippen molar-refractivity contribution in [2.24, 2.45) is 0 Å². The Morgan fingerprint density at radius 3 is 2.34 bits per heavy atom. The molecule has 0 atom stereocenters. The van der Waals surface area contributed by atoms with Crippen LogP contribution in [0.15, 0.2) is 48.8 Å². The second-order valence-electron chi connectivity index (χ2n) is 6.34. The van der Waals surface area contributed by atoms with Crippen molar-refractivity contribution in [2.75, 3.05) is 0 Å². The van der Waals surface area contributed by atoms with Crippen LogP contribution in [0.1, 0.15) is 29.4 Å². The second-order valence-corrected chi connectivity index (χ2v) is 6.34. The molecule has 1 aromatic carbocycles. The Labute approximate surface area is 185 Å². The molecule has 144 valence electrons. The molecule has 0 amide bonds. The van der Waals surface area contributed by atoms with Crippen molar-refractivity contribution in [3.8, 4) is 28.4 Å². The maximum Gasteiger partial charge on any atom is 1.00 e. The molecule has 0 N–H and O–H groups in total. The van der Waals surface area contributed by atoms with Crippen molar-refractivity contribution < 1.29 is 57.4 Å². The summed E-state index contributed by atoms with van der Waals surface area (Å²) in [4.78, 5) is 20.3. The number of ether oxygens (including phenoxy) is 1. The Kier molecular flexibility index (Phi) is 6.02. The van der Waals surface area contributed by atoms with Gasteiger partial charge in [0.1, 0.15) is 11.6 Å². The number of rotatable bonds is 5. The van der Waals surface area contributed by atoms with Crippen LogP contribution in [0.4, 0.5) is 13.2 Å². The third kappa shape index (κ3) is 4.63. The van der Waals surface area contributed by atoms with Gasteiger partial charge in [0.05, 0.1) is 17.4 Å². The van der Waals surface area contributed by atoms with Crippen LogP contribution >= 0.6 is 0 Å². The fraction of sp³-hybridized carbons (Fsp3) is 0.211. The van der Waals surface area contributed by atoms with E-state index in [0.29, 0.717) is 17.0 Å². The van der Waals surface area contributed by atoms with Crippen LogP contribution in [0.5, 0.6) is 5.75 Å². The molecule has 0 radical (unpaired) electrons. The molecular formula is C19H13F3N3NaO3. The van der Waals surface area contributed by atoms with Gasteiger partial charge in [0.2, 0.25) is 0 Å². The number of carboxylic acid groups (broad SMARTS) is 1. The van der Waals surface area contributed by atoms with Crippen molar-refractivity contribution >= 4 is 5.97 Å². The molecule has 0 spiro atoms. The van der Waals surface area contributed by atoms with E-state index in [4.69, 9.17) is 0 Å². The number of aromatic carboxylic acids is 1.